The first kappa shape index (κ1) is 11.5. The second kappa shape index (κ2) is 4.53. The third kappa shape index (κ3) is 3.28. The molecule has 0 saturated carbocycles. The summed E-state index contributed by atoms with van der Waals surface area (Å²) in [7, 11) is 0. The van der Waals surface area contributed by atoms with Crippen LogP contribution in [0.2, 0.25) is 0 Å². The Labute approximate surface area is 71.5 Å². The van der Waals surface area contributed by atoms with Crippen LogP contribution in [0.4, 0.5) is 13.2 Å². The Morgan fingerprint density at radius 1 is 1.17 bits per heavy atom. The Bertz CT molecular complexity index is 165. The molecule has 3 heteroatoms. The van der Waals surface area contributed by atoms with E-state index in [2.05, 4.69) is 0 Å². The van der Waals surface area contributed by atoms with Gasteiger partial charge in [0.2, 0.25) is 0 Å². The standard InChI is InChI=1S/C9H15F3/c1-4-6-8(5-2)7(3)9(10,11)12/h4-6H2,1-3H3/b8-7-. The number of hydrogen-bond acceptors (Lipinski definition) is 0. The molecule has 0 bridgehead atoms. The molecule has 0 N–H and O–H groups in total. The highest BCUT2D eigenvalue weighted by molar-refractivity contribution is 5.16. The predicted octanol–water partition coefficient (Wildman–Crippen LogP) is 4.08. The van der Waals surface area contributed by atoms with Crippen molar-refractivity contribution < 1.29 is 13.2 Å². The van der Waals surface area contributed by atoms with Crippen LogP contribution in [-0.4, -0.2) is 6.18 Å². The van der Waals surface area contributed by atoms with Crippen molar-refractivity contribution in [3.63, 3.8) is 0 Å². The van der Waals surface area contributed by atoms with E-state index in [9.17, 15) is 13.2 Å². The molecule has 0 aromatic heterocycles. The fourth-order valence-corrected chi connectivity index (χ4v) is 1.13. The van der Waals surface area contributed by atoms with E-state index in [-0.39, 0.29) is 0 Å². The van der Waals surface area contributed by atoms with Gasteiger partial charge in [-0.15, -0.1) is 0 Å². The zero-order valence-corrected chi connectivity index (χ0v) is 7.76. The Morgan fingerprint density at radius 3 is 1.92 bits per heavy atom. The molecule has 0 nitrogen and oxygen atoms in total. The Hall–Kier alpha value is -0.470. The average molecular weight is 180 g/mol. The number of alkyl halides is 3. The summed E-state index contributed by atoms with van der Waals surface area (Å²) in [5.41, 5.74) is 0.122. The average Bonchev–Trinajstić information content (AvgIpc) is 1.97. The molecule has 0 unspecified atom stereocenters. The second-order valence-corrected chi connectivity index (χ2v) is 2.83. The first-order valence-electron chi connectivity index (χ1n) is 4.19. The Balaban J connectivity index is 4.60. The van der Waals surface area contributed by atoms with Crippen molar-refractivity contribution in [2.24, 2.45) is 0 Å². The van der Waals surface area contributed by atoms with Crippen LogP contribution in [0.3, 0.4) is 0 Å². The summed E-state index contributed by atoms with van der Waals surface area (Å²) in [6.07, 6.45) is -2.31. The summed E-state index contributed by atoms with van der Waals surface area (Å²) < 4.78 is 36.5. The molecule has 0 aromatic carbocycles. The molecule has 0 atom stereocenters. The smallest absolute Gasteiger partial charge is 0.166 e. The summed E-state index contributed by atoms with van der Waals surface area (Å²) in [6.45, 7) is 4.81. The van der Waals surface area contributed by atoms with Gasteiger partial charge in [0, 0.05) is 5.57 Å². The third-order valence-corrected chi connectivity index (χ3v) is 1.93. The Kier molecular flexibility index (Phi) is 4.35. The van der Waals surface area contributed by atoms with Gasteiger partial charge in [-0.25, -0.2) is 0 Å². The van der Waals surface area contributed by atoms with E-state index in [1.54, 1.807) is 6.92 Å². The van der Waals surface area contributed by atoms with Gasteiger partial charge in [0.05, 0.1) is 0 Å². The van der Waals surface area contributed by atoms with E-state index in [4.69, 9.17) is 0 Å². The van der Waals surface area contributed by atoms with Crippen LogP contribution < -0.4 is 0 Å². The van der Waals surface area contributed by atoms with Gasteiger partial charge in [-0.1, -0.05) is 25.8 Å². The minimum atomic E-state index is -4.14. The zero-order valence-electron chi connectivity index (χ0n) is 7.76. The van der Waals surface area contributed by atoms with Crippen LogP contribution in [0.1, 0.15) is 40.0 Å². The lowest BCUT2D eigenvalue weighted by Gasteiger charge is -2.12. The van der Waals surface area contributed by atoms with Crippen molar-refractivity contribution in [3.8, 4) is 0 Å². The Morgan fingerprint density at radius 2 is 1.67 bits per heavy atom. The predicted molar refractivity (Wildman–Crippen MR) is 44.0 cm³/mol. The lowest BCUT2D eigenvalue weighted by Crippen LogP contribution is -2.11. The fourth-order valence-electron chi connectivity index (χ4n) is 1.13. The number of hydrogen-bond donors (Lipinski definition) is 0. The maximum atomic E-state index is 12.2. The van der Waals surface area contributed by atoms with E-state index < -0.39 is 11.7 Å². The normalized spacial score (nSPS) is 14.5. The molecule has 0 spiro atoms. The molecule has 0 aromatic rings. The highest BCUT2D eigenvalue weighted by Gasteiger charge is 2.31. The van der Waals surface area contributed by atoms with Gasteiger partial charge < -0.3 is 0 Å². The first-order chi connectivity index (χ1) is 5.43. The van der Waals surface area contributed by atoms with E-state index in [0.717, 1.165) is 13.3 Å². The summed E-state index contributed by atoms with van der Waals surface area (Å²) in [5.74, 6) is 0. The molecule has 12 heavy (non-hydrogen) atoms. The molecule has 0 rings (SSSR count). The minimum Gasteiger partial charge on any atom is -0.166 e. The number of rotatable bonds is 3. The van der Waals surface area contributed by atoms with E-state index >= 15 is 0 Å². The number of halogens is 3. The molecule has 0 radical (unpaired) electrons. The fraction of sp³-hybridized carbons (Fsp3) is 0.778. The molecule has 0 aliphatic rings. The third-order valence-electron chi connectivity index (χ3n) is 1.93. The molecule has 0 amide bonds. The van der Waals surface area contributed by atoms with Crippen LogP contribution in [0, 0.1) is 0 Å². The largest absolute Gasteiger partial charge is 0.412 e. The van der Waals surface area contributed by atoms with Crippen LogP contribution >= 0.6 is 0 Å². The SMILES string of the molecule is CCC/C(CC)=C(/C)C(F)(F)F. The molecular weight excluding hydrogens is 165 g/mol. The lowest BCUT2D eigenvalue weighted by molar-refractivity contribution is -0.0924. The van der Waals surface area contributed by atoms with E-state index in [1.165, 1.54) is 0 Å². The molecule has 0 saturated heterocycles. The maximum Gasteiger partial charge on any atom is 0.412 e. The van der Waals surface area contributed by atoms with Crippen molar-refractivity contribution in [2.45, 2.75) is 46.2 Å². The zero-order chi connectivity index (χ0) is 9.78. The van der Waals surface area contributed by atoms with Gasteiger partial charge in [0.15, 0.2) is 0 Å². The topological polar surface area (TPSA) is 0 Å². The quantitative estimate of drug-likeness (QED) is 0.574. The van der Waals surface area contributed by atoms with Gasteiger partial charge in [0.1, 0.15) is 0 Å². The summed E-state index contributed by atoms with van der Waals surface area (Å²) in [5, 5.41) is 0. The van der Waals surface area contributed by atoms with Crippen LogP contribution in [0.25, 0.3) is 0 Å². The second-order valence-electron chi connectivity index (χ2n) is 2.83. The molecule has 0 heterocycles. The van der Waals surface area contributed by atoms with E-state index in [1.807, 2.05) is 6.92 Å². The summed E-state index contributed by atoms with van der Waals surface area (Å²) in [4.78, 5) is 0. The highest BCUT2D eigenvalue weighted by Crippen LogP contribution is 2.30. The molecule has 0 fully saturated rings. The molecular formula is C9H15F3. The molecule has 72 valence electrons. The van der Waals surface area contributed by atoms with Crippen LogP contribution in [-0.2, 0) is 0 Å². The monoisotopic (exact) mass is 180 g/mol. The number of allylic oxidation sites excluding steroid dienone is 2. The van der Waals surface area contributed by atoms with Gasteiger partial charge in [-0.3, -0.25) is 0 Å². The molecule has 0 aliphatic heterocycles. The van der Waals surface area contributed by atoms with Crippen molar-refractivity contribution in [2.75, 3.05) is 0 Å². The lowest BCUT2D eigenvalue weighted by atomic mass is 10.0. The van der Waals surface area contributed by atoms with Crippen molar-refractivity contribution >= 4 is 0 Å². The van der Waals surface area contributed by atoms with Gasteiger partial charge >= 0.3 is 6.18 Å². The summed E-state index contributed by atoms with van der Waals surface area (Å²) in [6, 6.07) is 0. The maximum absolute atomic E-state index is 12.2. The van der Waals surface area contributed by atoms with E-state index in [0.29, 0.717) is 18.4 Å². The minimum absolute atomic E-state index is 0.410. The molecule has 0 aliphatic carbocycles. The van der Waals surface area contributed by atoms with Crippen molar-refractivity contribution in [1.82, 2.24) is 0 Å². The van der Waals surface area contributed by atoms with Crippen LogP contribution in [0.5, 0.6) is 0 Å². The van der Waals surface area contributed by atoms with Gasteiger partial charge in [-0.05, 0) is 19.8 Å². The summed E-state index contributed by atoms with van der Waals surface area (Å²) >= 11 is 0. The first-order valence-corrected chi connectivity index (χ1v) is 4.19. The van der Waals surface area contributed by atoms with Crippen molar-refractivity contribution in [1.29, 1.82) is 0 Å². The van der Waals surface area contributed by atoms with Gasteiger partial charge in [-0.2, -0.15) is 13.2 Å². The highest BCUT2D eigenvalue weighted by atomic mass is 19.4. The van der Waals surface area contributed by atoms with Crippen LogP contribution in [0.15, 0.2) is 11.1 Å². The van der Waals surface area contributed by atoms with Gasteiger partial charge in [0.25, 0.3) is 0 Å². The van der Waals surface area contributed by atoms with Crippen molar-refractivity contribution in [3.05, 3.63) is 11.1 Å².